The van der Waals surface area contributed by atoms with Gasteiger partial charge in [0.15, 0.2) is 5.96 Å². The lowest BCUT2D eigenvalue weighted by Gasteiger charge is -2.20. The van der Waals surface area contributed by atoms with Crippen molar-refractivity contribution in [2.24, 2.45) is 4.99 Å². The van der Waals surface area contributed by atoms with Gasteiger partial charge in [-0.1, -0.05) is 24.6 Å². The molecule has 26 heavy (non-hydrogen) atoms. The average Bonchev–Trinajstić information content (AvgIpc) is 3.09. The molecule has 2 rings (SSSR count). The fourth-order valence-corrected chi connectivity index (χ4v) is 3.10. The van der Waals surface area contributed by atoms with Gasteiger partial charge < -0.3 is 20.9 Å². The molecule has 0 bridgehead atoms. The molecule has 0 aliphatic carbocycles. The van der Waals surface area contributed by atoms with Gasteiger partial charge in [-0.15, -0.1) is 0 Å². The zero-order chi connectivity index (χ0) is 18.9. The minimum absolute atomic E-state index is 0.0651. The van der Waals surface area contributed by atoms with Gasteiger partial charge in [-0.05, 0) is 38.0 Å². The molecule has 0 spiro atoms. The standard InChI is InChI=1S/C19H30ClN5O/c1-4-14(2)23-18(26)8-10-22-19(21-3)24-16-9-11-25(13-16)17-7-5-6-15(20)12-17/h5-7,12,14,16H,4,8-11,13H2,1-3H3,(H,23,26)(H2,21,22,24). The van der Waals surface area contributed by atoms with Crippen LogP contribution in [0.2, 0.25) is 5.02 Å². The van der Waals surface area contributed by atoms with Crippen molar-refractivity contribution < 1.29 is 4.79 Å². The summed E-state index contributed by atoms with van der Waals surface area (Å²) in [7, 11) is 1.75. The number of nitrogens with one attached hydrogen (secondary N) is 3. The Morgan fingerprint density at radius 1 is 1.46 bits per heavy atom. The van der Waals surface area contributed by atoms with Crippen LogP contribution in [0, 0.1) is 0 Å². The summed E-state index contributed by atoms with van der Waals surface area (Å²) in [5.41, 5.74) is 1.14. The second kappa shape index (κ2) is 10.3. The molecule has 2 atom stereocenters. The predicted molar refractivity (Wildman–Crippen MR) is 109 cm³/mol. The van der Waals surface area contributed by atoms with Gasteiger partial charge in [0.05, 0.1) is 0 Å². The lowest BCUT2D eigenvalue weighted by molar-refractivity contribution is -0.121. The molecule has 0 radical (unpaired) electrons. The number of aliphatic imine (C=N–C) groups is 1. The summed E-state index contributed by atoms with van der Waals surface area (Å²) in [6.07, 6.45) is 2.40. The average molecular weight is 380 g/mol. The van der Waals surface area contributed by atoms with E-state index < -0.39 is 0 Å². The molecule has 0 saturated carbocycles. The first kappa shape index (κ1) is 20.4. The van der Waals surface area contributed by atoms with Crippen molar-refractivity contribution in [3.8, 4) is 0 Å². The van der Waals surface area contributed by atoms with E-state index >= 15 is 0 Å². The molecule has 6 nitrogen and oxygen atoms in total. The molecular formula is C19H30ClN5O. The Morgan fingerprint density at radius 2 is 2.27 bits per heavy atom. The van der Waals surface area contributed by atoms with E-state index in [-0.39, 0.29) is 11.9 Å². The summed E-state index contributed by atoms with van der Waals surface area (Å²) in [6.45, 7) is 6.51. The molecule has 1 aliphatic rings. The molecule has 1 aromatic rings. The van der Waals surface area contributed by atoms with Crippen molar-refractivity contribution >= 4 is 29.2 Å². The van der Waals surface area contributed by atoms with Gasteiger partial charge in [-0.3, -0.25) is 9.79 Å². The number of carbonyl (C=O) groups is 1. The summed E-state index contributed by atoms with van der Waals surface area (Å²) >= 11 is 6.09. The second-order valence-electron chi connectivity index (χ2n) is 6.68. The Morgan fingerprint density at radius 3 is 2.96 bits per heavy atom. The largest absolute Gasteiger partial charge is 0.369 e. The fourth-order valence-electron chi connectivity index (χ4n) is 2.92. The third-order valence-electron chi connectivity index (χ3n) is 4.59. The Kier molecular flexibility index (Phi) is 8.04. The number of amides is 1. The van der Waals surface area contributed by atoms with Crippen molar-refractivity contribution in [3.05, 3.63) is 29.3 Å². The molecule has 1 amide bonds. The highest BCUT2D eigenvalue weighted by Gasteiger charge is 2.23. The zero-order valence-electron chi connectivity index (χ0n) is 15.9. The number of carbonyl (C=O) groups excluding carboxylic acids is 1. The molecule has 3 N–H and O–H groups in total. The molecule has 144 valence electrons. The highest BCUT2D eigenvalue weighted by molar-refractivity contribution is 6.30. The van der Waals surface area contributed by atoms with Crippen LogP contribution in [0.15, 0.2) is 29.3 Å². The van der Waals surface area contributed by atoms with E-state index in [2.05, 4.69) is 38.8 Å². The van der Waals surface area contributed by atoms with Gasteiger partial charge >= 0.3 is 0 Å². The number of nitrogens with zero attached hydrogens (tertiary/aromatic N) is 2. The van der Waals surface area contributed by atoms with Gasteiger partial charge in [0.1, 0.15) is 0 Å². The van der Waals surface area contributed by atoms with Crippen LogP contribution in [0.4, 0.5) is 5.69 Å². The van der Waals surface area contributed by atoms with Crippen LogP contribution in [-0.2, 0) is 4.79 Å². The summed E-state index contributed by atoms with van der Waals surface area (Å²) in [5.74, 6) is 0.801. The molecule has 1 heterocycles. The van der Waals surface area contributed by atoms with Crippen LogP contribution >= 0.6 is 11.6 Å². The maximum absolute atomic E-state index is 11.8. The van der Waals surface area contributed by atoms with Crippen molar-refractivity contribution in [2.45, 2.75) is 45.2 Å². The molecule has 7 heteroatoms. The number of anilines is 1. The third-order valence-corrected chi connectivity index (χ3v) is 4.83. The van der Waals surface area contributed by atoms with Crippen LogP contribution in [0.1, 0.15) is 33.1 Å². The highest BCUT2D eigenvalue weighted by atomic mass is 35.5. The molecule has 1 saturated heterocycles. The number of halogens is 1. The third kappa shape index (κ3) is 6.41. The molecule has 1 aromatic carbocycles. The maximum Gasteiger partial charge on any atom is 0.221 e. The summed E-state index contributed by atoms with van der Waals surface area (Å²) < 4.78 is 0. The van der Waals surface area contributed by atoms with E-state index in [1.807, 2.05) is 25.1 Å². The van der Waals surface area contributed by atoms with Gasteiger partial charge in [0, 0.05) is 55.9 Å². The SMILES string of the molecule is CCC(C)NC(=O)CCNC(=NC)NC1CCN(c2cccc(Cl)c2)C1. The van der Waals surface area contributed by atoms with Crippen LogP contribution in [0.5, 0.6) is 0 Å². The first-order valence-corrected chi connectivity index (χ1v) is 9.66. The second-order valence-corrected chi connectivity index (χ2v) is 7.12. The van der Waals surface area contributed by atoms with E-state index in [0.29, 0.717) is 19.0 Å². The quantitative estimate of drug-likeness (QED) is 0.502. The van der Waals surface area contributed by atoms with Gasteiger partial charge in [0.25, 0.3) is 0 Å². The Hall–Kier alpha value is -1.95. The lowest BCUT2D eigenvalue weighted by Crippen LogP contribution is -2.45. The minimum atomic E-state index is 0.0651. The number of benzene rings is 1. The number of hydrogen-bond acceptors (Lipinski definition) is 3. The molecular weight excluding hydrogens is 350 g/mol. The van der Waals surface area contributed by atoms with Crippen LogP contribution in [0.3, 0.4) is 0 Å². The van der Waals surface area contributed by atoms with E-state index in [9.17, 15) is 4.79 Å². The summed E-state index contributed by atoms with van der Waals surface area (Å²) in [4.78, 5) is 18.4. The zero-order valence-corrected chi connectivity index (χ0v) is 16.6. The monoisotopic (exact) mass is 379 g/mol. The van der Waals surface area contributed by atoms with Crippen molar-refractivity contribution in [1.82, 2.24) is 16.0 Å². The number of rotatable bonds is 7. The van der Waals surface area contributed by atoms with Crippen LogP contribution < -0.4 is 20.9 Å². The number of hydrogen-bond donors (Lipinski definition) is 3. The van der Waals surface area contributed by atoms with Crippen LogP contribution in [0.25, 0.3) is 0 Å². The minimum Gasteiger partial charge on any atom is -0.369 e. The molecule has 0 aromatic heterocycles. The van der Waals surface area contributed by atoms with Gasteiger partial charge in [-0.25, -0.2) is 0 Å². The smallest absolute Gasteiger partial charge is 0.221 e. The summed E-state index contributed by atoms with van der Waals surface area (Å²) in [5, 5.41) is 10.4. The molecule has 2 unspecified atom stereocenters. The van der Waals surface area contributed by atoms with E-state index in [1.165, 1.54) is 0 Å². The fraction of sp³-hybridized carbons (Fsp3) is 0.579. The van der Waals surface area contributed by atoms with E-state index in [4.69, 9.17) is 11.6 Å². The first-order valence-electron chi connectivity index (χ1n) is 9.29. The molecule has 1 aliphatic heterocycles. The normalized spacial score (nSPS) is 18.5. The topological polar surface area (TPSA) is 68.8 Å². The van der Waals surface area contributed by atoms with Crippen molar-refractivity contribution in [3.63, 3.8) is 0 Å². The Labute approximate surface area is 161 Å². The van der Waals surface area contributed by atoms with Crippen molar-refractivity contribution in [1.29, 1.82) is 0 Å². The first-order chi connectivity index (χ1) is 12.5. The van der Waals surface area contributed by atoms with Gasteiger partial charge in [-0.2, -0.15) is 0 Å². The van der Waals surface area contributed by atoms with E-state index in [0.717, 1.165) is 42.6 Å². The highest BCUT2D eigenvalue weighted by Crippen LogP contribution is 2.23. The van der Waals surface area contributed by atoms with Gasteiger partial charge in [0.2, 0.25) is 5.91 Å². The number of guanidine groups is 1. The predicted octanol–water partition coefficient (Wildman–Crippen LogP) is 2.39. The lowest BCUT2D eigenvalue weighted by atomic mass is 10.2. The maximum atomic E-state index is 11.8. The van der Waals surface area contributed by atoms with Crippen molar-refractivity contribution in [2.75, 3.05) is 31.6 Å². The Bertz CT molecular complexity index is 622. The molecule has 1 fully saturated rings. The van der Waals surface area contributed by atoms with Crippen LogP contribution in [-0.4, -0.2) is 50.6 Å². The summed E-state index contributed by atoms with van der Waals surface area (Å²) in [6, 6.07) is 8.47. The van der Waals surface area contributed by atoms with E-state index in [1.54, 1.807) is 7.05 Å². The Balaban J connectivity index is 1.74.